The van der Waals surface area contributed by atoms with Crippen molar-refractivity contribution in [2.75, 3.05) is 13.1 Å². The Morgan fingerprint density at radius 2 is 1.62 bits per heavy atom. The molecule has 1 aliphatic heterocycles. The summed E-state index contributed by atoms with van der Waals surface area (Å²) >= 11 is 0. The zero-order valence-corrected chi connectivity index (χ0v) is 18.1. The number of halogens is 2. The van der Waals surface area contributed by atoms with Crippen LogP contribution in [-0.2, 0) is 6.54 Å². The molecule has 0 radical (unpaired) electrons. The molecule has 0 saturated carbocycles. The third-order valence-corrected chi connectivity index (χ3v) is 6.16. The fourth-order valence-corrected chi connectivity index (χ4v) is 4.21. The average Bonchev–Trinajstić information content (AvgIpc) is 3.27. The van der Waals surface area contributed by atoms with Gasteiger partial charge in [0.05, 0.1) is 18.3 Å². The summed E-state index contributed by atoms with van der Waals surface area (Å²) in [7, 11) is 0. The Morgan fingerprint density at radius 1 is 1.00 bits per heavy atom. The van der Waals surface area contributed by atoms with Crippen LogP contribution in [0.5, 0.6) is 0 Å². The minimum Gasteiger partial charge on any atom is -0.388 e. The van der Waals surface area contributed by atoms with Crippen molar-refractivity contribution >= 4 is 11.4 Å². The lowest BCUT2D eigenvalue weighted by Crippen LogP contribution is -2.49. The molecule has 1 amide bonds. The molecule has 0 atom stereocenters. The van der Waals surface area contributed by atoms with Gasteiger partial charge < -0.3 is 10.0 Å². The number of fused-ring (bicyclic) bond motifs is 1. The van der Waals surface area contributed by atoms with Crippen LogP contribution in [0.3, 0.4) is 0 Å². The molecule has 0 aliphatic carbocycles. The molecule has 10 heteroatoms. The Bertz CT molecular complexity index is 1410. The number of aliphatic hydroxyl groups is 1. The van der Waals surface area contributed by atoms with E-state index in [0.29, 0.717) is 30.0 Å². The number of carbonyl (C=O) groups is 1. The van der Waals surface area contributed by atoms with Crippen LogP contribution in [0.15, 0.2) is 65.8 Å². The number of piperidine rings is 1. The molecular weight excluding hydrogens is 444 g/mol. The second-order valence-electron chi connectivity index (χ2n) is 8.47. The molecule has 8 nitrogen and oxygen atoms in total. The summed E-state index contributed by atoms with van der Waals surface area (Å²) in [6.45, 7) is 0.627. The number of likely N-dealkylation sites (tertiary alicyclic amines) is 1. The van der Waals surface area contributed by atoms with Crippen LogP contribution in [0.25, 0.3) is 16.9 Å². The lowest BCUT2D eigenvalue weighted by atomic mass is 9.91. The molecule has 5 rings (SSSR count). The highest BCUT2D eigenvalue weighted by Crippen LogP contribution is 2.25. The van der Waals surface area contributed by atoms with Crippen molar-refractivity contribution in [1.29, 1.82) is 0 Å². The largest absolute Gasteiger partial charge is 0.388 e. The Kier molecular flexibility index (Phi) is 5.45. The van der Waals surface area contributed by atoms with Gasteiger partial charge in [-0.05, 0) is 61.4 Å². The zero-order valence-electron chi connectivity index (χ0n) is 18.1. The van der Waals surface area contributed by atoms with Crippen LogP contribution >= 0.6 is 0 Å². The fraction of sp³-hybridized carbons (Fsp3) is 0.250. The van der Waals surface area contributed by atoms with E-state index in [1.165, 1.54) is 58.0 Å². The van der Waals surface area contributed by atoms with Crippen molar-refractivity contribution in [3.05, 3.63) is 88.6 Å². The summed E-state index contributed by atoms with van der Waals surface area (Å²) < 4.78 is 29.1. The molecule has 1 aliphatic rings. The first-order valence-electron chi connectivity index (χ1n) is 10.8. The van der Waals surface area contributed by atoms with Gasteiger partial charge in [-0.25, -0.2) is 18.3 Å². The first-order valence-corrected chi connectivity index (χ1v) is 10.8. The van der Waals surface area contributed by atoms with Crippen molar-refractivity contribution in [2.45, 2.75) is 25.0 Å². The van der Waals surface area contributed by atoms with Crippen LogP contribution in [-0.4, -0.2) is 53.8 Å². The molecule has 2 aromatic heterocycles. The third kappa shape index (κ3) is 4.08. The van der Waals surface area contributed by atoms with Gasteiger partial charge in [0.15, 0.2) is 11.3 Å². The number of amides is 1. The number of nitrogens with zero attached hydrogens (tertiary/aromatic N) is 5. The summed E-state index contributed by atoms with van der Waals surface area (Å²) in [4.78, 5) is 31.5. The first-order chi connectivity index (χ1) is 16.3. The average molecular weight is 465 g/mol. The number of benzene rings is 2. The lowest BCUT2D eigenvalue weighted by molar-refractivity contribution is -0.0300. The predicted molar refractivity (Wildman–Crippen MR) is 119 cm³/mol. The van der Waals surface area contributed by atoms with Gasteiger partial charge in [0.1, 0.15) is 18.0 Å². The number of hydrogen-bond acceptors (Lipinski definition) is 5. The summed E-state index contributed by atoms with van der Waals surface area (Å²) in [5.74, 6) is -0.609. The minimum absolute atomic E-state index is 0.0188. The maximum Gasteiger partial charge on any atom is 0.279 e. The van der Waals surface area contributed by atoms with E-state index < -0.39 is 11.4 Å². The van der Waals surface area contributed by atoms with Crippen molar-refractivity contribution in [3.63, 3.8) is 0 Å². The van der Waals surface area contributed by atoms with Crippen molar-refractivity contribution in [3.8, 4) is 11.4 Å². The Hall–Kier alpha value is -3.92. The van der Waals surface area contributed by atoms with Gasteiger partial charge in [0.25, 0.3) is 11.5 Å². The summed E-state index contributed by atoms with van der Waals surface area (Å²) in [5, 5.41) is 15.4. The number of hydrogen-bond donors (Lipinski definition) is 1. The van der Waals surface area contributed by atoms with E-state index >= 15 is 0 Å². The summed E-state index contributed by atoms with van der Waals surface area (Å²) in [6.07, 6.45) is 3.30. The van der Waals surface area contributed by atoms with Crippen LogP contribution < -0.4 is 5.56 Å². The molecule has 1 saturated heterocycles. The highest BCUT2D eigenvalue weighted by Gasteiger charge is 2.35. The monoisotopic (exact) mass is 465 g/mol. The van der Waals surface area contributed by atoms with E-state index in [-0.39, 0.29) is 42.2 Å². The van der Waals surface area contributed by atoms with Gasteiger partial charge in [0, 0.05) is 24.2 Å². The van der Waals surface area contributed by atoms with Gasteiger partial charge in [-0.2, -0.15) is 5.10 Å². The molecule has 2 aromatic carbocycles. The van der Waals surface area contributed by atoms with E-state index in [0.717, 1.165) is 0 Å². The molecule has 0 unspecified atom stereocenters. The minimum atomic E-state index is -1.19. The quantitative estimate of drug-likeness (QED) is 0.500. The molecule has 1 fully saturated rings. The van der Waals surface area contributed by atoms with Crippen LogP contribution in [0.2, 0.25) is 0 Å². The Balaban J connectivity index is 1.32. The standard InChI is InChI=1S/C24H21F2N5O3/c25-18-5-1-16(2-6-18)21-27-13-20-23(33)30(15-28-31(20)21)14-24(34)9-11-29(12-10-24)22(32)17-3-7-19(26)8-4-17/h1-8,13,15,34H,9-12,14H2. The number of aromatic nitrogens is 4. The van der Waals surface area contributed by atoms with Gasteiger partial charge in [0.2, 0.25) is 0 Å². The third-order valence-electron chi connectivity index (χ3n) is 6.16. The molecule has 174 valence electrons. The van der Waals surface area contributed by atoms with Gasteiger partial charge >= 0.3 is 0 Å². The Morgan fingerprint density at radius 3 is 2.26 bits per heavy atom. The van der Waals surface area contributed by atoms with E-state index in [1.54, 1.807) is 17.0 Å². The van der Waals surface area contributed by atoms with Crippen LogP contribution in [0.4, 0.5) is 8.78 Å². The maximum absolute atomic E-state index is 13.2. The first kappa shape index (κ1) is 21.9. The second-order valence-corrected chi connectivity index (χ2v) is 8.47. The number of imidazole rings is 1. The van der Waals surface area contributed by atoms with Crippen molar-refractivity contribution in [2.24, 2.45) is 0 Å². The SMILES string of the molecule is O=C(c1ccc(F)cc1)N1CCC(O)(Cn2cnn3c(-c4ccc(F)cc4)ncc3c2=O)CC1. The van der Waals surface area contributed by atoms with Gasteiger partial charge in [-0.3, -0.25) is 14.2 Å². The summed E-state index contributed by atoms with van der Waals surface area (Å²) in [6, 6.07) is 11.1. The Labute approximate surface area is 192 Å². The number of rotatable bonds is 4. The molecule has 0 bridgehead atoms. The molecule has 1 N–H and O–H groups in total. The van der Waals surface area contributed by atoms with E-state index in [1.807, 2.05) is 0 Å². The number of carbonyl (C=O) groups excluding carboxylic acids is 1. The van der Waals surface area contributed by atoms with Gasteiger partial charge in [-0.15, -0.1) is 0 Å². The molecule has 34 heavy (non-hydrogen) atoms. The topological polar surface area (TPSA) is 92.7 Å². The normalized spacial score (nSPS) is 15.6. The molecule has 0 spiro atoms. The second kappa shape index (κ2) is 8.45. The van der Waals surface area contributed by atoms with Crippen LogP contribution in [0.1, 0.15) is 23.2 Å². The zero-order chi connectivity index (χ0) is 23.9. The smallest absolute Gasteiger partial charge is 0.279 e. The predicted octanol–water partition coefficient (Wildman–Crippen LogP) is 2.50. The fourth-order valence-electron chi connectivity index (χ4n) is 4.21. The van der Waals surface area contributed by atoms with Crippen molar-refractivity contribution < 1.29 is 18.7 Å². The highest BCUT2D eigenvalue weighted by atomic mass is 19.1. The molecular formula is C24H21F2N5O3. The van der Waals surface area contributed by atoms with Crippen molar-refractivity contribution in [1.82, 2.24) is 24.1 Å². The molecule has 3 heterocycles. The molecule has 4 aromatic rings. The lowest BCUT2D eigenvalue weighted by Gasteiger charge is -2.38. The van der Waals surface area contributed by atoms with Gasteiger partial charge in [-0.1, -0.05) is 0 Å². The maximum atomic E-state index is 13.2. The highest BCUT2D eigenvalue weighted by molar-refractivity contribution is 5.94. The van der Waals surface area contributed by atoms with E-state index in [2.05, 4.69) is 10.1 Å². The van der Waals surface area contributed by atoms with E-state index in [9.17, 15) is 23.5 Å². The summed E-state index contributed by atoms with van der Waals surface area (Å²) in [5.41, 5.74) is -0.329. The van der Waals surface area contributed by atoms with Crippen LogP contribution in [0, 0.1) is 11.6 Å². The van der Waals surface area contributed by atoms with E-state index in [4.69, 9.17) is 0 Å².